The lowest BCUT2D eigenvalue weighted by atomic mass is 9.96. The molecule has 2 aliphatic rings. The number of para-hydroxylation sites is 1. The Bertz CT molecular complexity index is 826. The predicted molar refractivity (Wildman–Crippen MR) is 109 cm³/mol. The van der Waals surface area contributed by atoms with Gasteiger partial charge in [-0.1, -0.05) is 18.2 Å². The molecule has 7 nitrogen and oxygen atoms in total. The number of rotatable bonds is 6. The van der Waals surface area contributed by atoms with E-state index in [1.54, 1.807) is 0 Å². The van der Waals surface area contributed by atoms with E-state index in [0.717, 1.165) is 67.7 Å². The minimum Gasteiger partial charge on any atom is -0.490 e. The smallest absolute Gasteiger partial charge is 0.192 e. The first-order chi connectivity index (χ1) is 13.7. The van der Waals surface area contributed by atoms with Gasteiger partial charge in [0.15, 0.2) is 5.96 Å². The van der Waals surface area contributed by atoms with Crippen LogP contribution in [0.5, 0.6) is 5.75 Å². The van der Waals surface area contributed by atoms with Crippen LogP contribution in [0, 0.1) is 6.92 Å². The van der Waals surface area contributed by atoms with E-state index in [2.05, 4.69) is 39.8 Å². The van der Waals surface area contributed by atoms with Crippen LogP contribution in [-0.4, -0.2) is 33.4 Å². The van der Waals surface area contributed by atoms with Crippen molar-refractivity contribution < 1.29 is 4.74 Å². The summed E-state index contributed by atoms with van der Waals surface area (Å²) in [6.07, 6.45) is 6.07. The molecular formula is C21H30N6O. The number of aliphatic imine (C=N–C) groups is 1. The quantitative estimate of drug-likeness (QED) is 0.593. The van der Waals surface area contributed by atoms with Crippen molar-refractivity contribution in [3.63, 3.8) is 0 Å². The molecule has 7 heteroatoms. The summed E-state index contributed by atoms with van der Waals surface area (Å²) in [7, 11) is 0. The lowest BCUT2D eigenvalue weighted by Crippen LogP contribution is -2.41. The molecule has 1 atom stereocenters. The molecule has 1 saturated carbocycles. The molecule has 2 N–H and O–H groups in total. The Morgan fingerprint density at radius 3 is 2.89 bits per heavy atom. The van der Waals surface area contributed by atoms with Crippen LogP contribution in [0.1, 0.15) is 62.3 Å². The fraction of sp³-hybridized carbons (Fsp3) is 0.571. The van der Waals surface area contributed by atoms with Gasteiger partial charge in [-0.15, -0.1) is 0 Å². The highest BCUT2D eigenvalue weighted by Crippen LogP contribution is 2.28. The van der Waals surface area contributed by atoms with Crippen LogP contribution in [0.25, 0.3) is 0 Å². The molecule has 1 aliphatic carbocycles. The van der Waals surface area contributed by atoms with Gasteiger partial charge < -0.3 is 15.4 Å². The largest absolute Gasteiger partial charge is 0.490 e. The topological polar surface area (TPSA) is 76.4 Å². The second-order valence-corrected chi connectivity index (χ2v) is 7.55. The second kappa shape index (κ2) is 8.63. The van der Waals surface area contributed by atoms with E-state index in [0.29, 0.717) is 12.6 Å². The highest BCUT2D eigenvalue weighted by Gasteiger charge is 2.24. The zero-order valence-corrected chi connectivity index (χ0v) is 16.8. The number of fused-ring (bicyclic) bond motifs is 1. The number of hydrogen-bond acceptors (Lipinski definition) is 4. The summed E-state index contributed by atoms with van der Waals surface area (Å²) in [6, 6.07) is 8.36. The highest BCUT2D eigenvalue weighted by molar-refractivity contribution is 5.80. The molecule has 1 aromatic heterocycles. The van der Waals surface area contributed by atoms with E-state index in [4.69, 9.17) is 9.73 Å². The molecule has 1 aromatic carbocycles. The standard InChI is InChI=1S/C21H30N6O/c1-3-22-21(25-18-11-7-13-27-20(18)24-15(2)26-27)23-14-16-8-4-5-12-19(16)28-17-9-6-10-17/h4-5,8,12,17-18H,3,6-7,9-11,13-14H2,1-2H3,(H2,22,23,25). The van der Waals surface area contributed by atoms with Gasteiger partial charge >= 0.3 is 0 Å². The average molecular weight is 383 g/mol. The molecule has 28 heavy (non-hydrogen) atoms. The third kappa shape index (κ3) is 4.29. The molecule has 0 spiro atoms. The molecule has 1 aliphatic heterocycles. The predicted octanol–water partition coefficient (Wildman–Crippen LogP) is 3.11. The Balaban J connectivity index is 1.47. The third-order valence-electron chi connectivity index (χ3n) is 5.36. The maximum Gasteiger partial charge on any atom is 0.192 e. The van der Waals surface area contributed by atoms with Crippen LogP contribution in [0.2, 0.25) is 0 Å². The Morgan fingerprint density at radius 1 is 1.25 bits per heavy atom. The van der Waals surface area contributed by atoms with Crippen molar-refractivity contribution in [2.24, 2.45) is 4.99 Å². The van der Waals surface area contributed by atoms with Crippen LogP contribution < -0.4 is 15.4 Å². The van der Waals surface area contributed by atoms with Crippen LogP contribution >= 0.6 is 0 Å². The summed E-state index contributed by atoms with van der Waals surface area (Å²) in [4.78, 5) is 9.44. The number of nitrogens with one attached hydrogen (secondary N) is 2. The van der Waals surface area contributed by atoms with E-state index in [1.807, 2.05) is 23.7 Å². The van der Waals surface area contributed by atoms with Crippen molar-refractivity contribution in [3.8, 4) is 5.75 Å². The molecule has 1 fully saturated rings. The molecule has 0 amide bonds. The third-order valence-corrected chi connectivity index (χ3v) is 5.36. The first kappa shape index (κ1) is 18.8. The van der Waals surface area contributed by atoms with Crippen molar-refractivity contribution in [1.29, 1.82) is 0 Å². The summed E-state index contributed by atoms with van der Waals surface area (Å²) in [5, 5.41) is 11.4. The SMILES string of the molecule is CCNC(=NCc1ccccc1OC1CCC1)NC1CCCn2nc(C)nc21. The summed E-state index contributed by atoms with van der Waals surface area (Å²) >= 11 is 0. The van der Waals surface area contributed by atoms with Gasteiger partial charge in [0.1, 0.15) is 17.4 Å². The van der Waals surface area contributed by atoms with Gasteiger partial charge in [0.25, 0.3) is 0 Å². The van der Waals surface area contributed by atoms with Gasteiger partial charge in [-0.2, -0.15) is 5.10 Å². The Morgan fingerprint density at radius 2 is 2.11 bits per heavy atom. The van der Waals surface area contributed by atoms with Gasteiger partial charge in [0.2, 0.25) is 0 Å². The minimum atomic E-state index is 0.134. The second-order valence-electron chi connectivity index (χ2n) is 7.55. The van der Waals surface area contributed by atoms with E-state index >= 15 is 0 Å². The maximum atomic E-state index is 6.14. The Labute approximate surface area is 166 Å². The normalized spacial score (nSPS) is 19.6. The van der Waals surface area contributed by atoms with Gasteiger partial charge in [0, 0.05) is 18.7 Å². The molecule has 150 valence electrons. The van der Waals surface area contributed by atoms with Crippen LogP contribution in [0.4, 0.5) is 0 Å². The molecule has 2 heterocycles. The van der Waals surface area contributed by atoms with E-state index in [1.165, 1.54) is 6.42 Å². The van der Waals surface area contributed by atoms with Crippen LogP contribution in [-0.2, 0) is 13.1 Å². The fourth-order valence-corrected chi connectivity index (χ4v) is 3.67. The first-order valence-electron chi connectivity index (χ1n) is 10.4. The molecule has 4 rings (SSSR count). The molecule has 1 unspecified atom stereocenters. The lowest BCUT2D eigenvalue weighted by molar-refractivity contribution is 0.119. The maximum absolute atomic E-state index is 6.14. The van der Waals surface area contributed by atoms with Gasteiger partial charge in [-0.3, -0.25) is 0 Å². The van der Waals surface area contributed by atoms with Crippen molar-refractivity contribution in [3.05, 3.63) is 41.5 Å². The van der Waals surface area contributed by atoms with E-state index in [-0.39, 0.29) is 6.04 Å². The average Bonchev–Trinajstić information content (AvgIpc) is 3.05. The number of aryl methyl sites for hydroxylation is 2. The number of guanidine groups is 1. The van der Waals surface area contributed by atoms with Crippen molar-refractivity contribution in [2.45, 2.75) is 71.2 Å². The molecule has 0 radical (unpaired) electrons. The summed E-state index contributed by atoms with van der Waals surface area (Å²) in [5.74, 6) is 3.59. The highest BCUT2D eigenvalue weighted by atomic mass is 16.5. The zero-order valence-electron chi connectivity index (χ0n) is 16.8. The molecule has 0 saturated heterocycles. The van der Waals surface area contributed by atoms with Crippen LogP contribution in [0.3, 0.4) is 0 Å². The van der Waals surface area contributed by atoms with Gasteiger partial charge in [-0.05, 0) is 52.0 Å². The van der Waals surface area contributed by atoms with E-state index < -0.39 is 0 Å². The number of aromatic nitrogens is 3. The van der Waals surface area contributed by atoms with Crippen molar-refractivity contribution >= 4 is 5.96 Å². The van der Waals surface area contributed by atoms with Crippen LogP contribution in [0.15, 0.2) is 29.3 Å². The summed E-state index contributed by atoms with van der Waals surface area (Å²) < 4.78 is 8.16. The first-order valence-corrected chi connectivity index (χ1v) is 10.4. The van der Waals surface area contributed by atoms with Crippen molar-refractivity contribution in [1.82, 2.24) is 25.4 Å². The molecule has 2 aromatic rings. The van der Waals surface area contributed by atoms with E-state index in [9.17, 15) is 0 Å². The van der Waals surface area contributed by atoms with Gasteiger partial charge in [-0.25, -0.2) is 14.7 Å². The molecular weight excluding hydrogens is 352 g/mol. The van der Waals surface area contributed by atoms with Crippen molar-refractivity contribution in [2.75, 3.05) is 6.54 Å². The summed E-state index contributed by atoms with van der Waals surface area (Å²) in [5.41, 5.74) is 1.12. The number of hydrogen-bond donors (Lipinski definition) is 2. The zero-order chi connectivity index (χ0) is 19.3. The number of benzene rings is 1. The monoisotopic (exact) mass is 382 g/mol. The Hall–Kier alpha value is -2.57. The fourth-order valence-electron chi connectivity index (χ4n) is 3.67. The lowest BCUT2D eigenvalue weighted by Gasteiger charge is -2.27. The number of nitrogens with zero attached hydrogens (tertiary/aromatic N) is 4. The van der Waals surface area contributed by atoms with Gasteiger partial charge in [0.05, 0.1) is 18.7 Å². The summed E-state index contributed by atoms with van der Waals surface area (Å²) in [6.45, 7) is 6.36. The Kier molecular flexibility index (Phi) is 5.78. The number of ether oxygens (including phenoxy) is 1. The molecule has 0 bridgehead atoms. The minimum absolute atomic E-state index is 0.134.